The van der Waals surface area contributed by atoms with E-state index in [0.29, 0.717) is 18.8 Å². The first-order chi connectivity index (χ1) is 7.20. The molecule has 1 aromatic heterocycles. The third kappa shape index (κ3) is 4.55. The molecule has 0 spiro atoms. The van der Waals surface area contributed by atoms with Crippen LogP contribution < -0.4 is 5.32 Å². The monoisotopic (exact) mass is 212 g/mol. The van der Waals surface area contributed by atoms with Crippen molar-refractivity contribution < 1.29 is 9.32 Å². The fourth-order valence-electron chi connectivity index (χ4n) is 1.06. The van der Waals surface area contributed by atoms with Gasteiger partial charge in [-0.15, -0.1) is 0 Å². The smallest absolute Gasteiger partial charge is 0.222 e. The zero-order valence-corrected chi connectivity index (χ0v) is 9.06. The number of nitrogens with zero attached hydrogens (tertiary/aromatic N) is 3. The third-order valence-corrected chi connectivity index (χ3v) is 1.93. The molecular weight excluding hydrogens is 196 g/mol. The molecule has 0 atom stereocenters. The molecule has 1 rings (SSSR count). The van der Waals surface area contributed by atoms with E-state index in [0.717, 1.165) is 13.0 Å². The maximum atomic E-state index is 11.2. The van der Waals surface area contributed by atoms with Gasteiger partial charge in [-0.05, 0) is 13.0 Å². The Kier molecular flexibility index (Phi) is 4.76. The summed E-state index contributed by atoms with van der Waals surface area (Å²) >= 11 is 0. The van der Waals surface area contributed by atoms with Crippen LogP contribution in [0.25, 0.3) is 0 Å². The van der Waals surface area contributed by atoms with Crippen molar-refractivity contribution in [1.82, 2.24) is 20.4 Å². The number of carbonyl (C=O) groups is 1. The Labute approximate surface area is 88.6 Å². The largest absolute Gasteiger partial charge is 0.349 e. The summed E-state index contributed by atoms with van der Waals surface area (Å²) in [6, 6.07) is 0. The average molecular weight is 212 g/mol. The Balaban J connectivity index is 2.00. The van der Waals surface area contributed by atoms with E-state index in [9.17, 15) is 4.79 Å². The van der Waals surface area contributed by atoms with E-state index in [1.807, 2.05) is 0 Å². The second-order valence-electron chi connectivity index (χ2n) is 3.42. The van der Waals surface area contributed by atoms with Crippen LogP contribution in [-0.4, -0.2) is 41.6 Å². The lowest BCUT2D eigenvalue weighted by atomic mass is 10.3. The van der Waals surface area contributed by atoms with Crippen molar-refractivity contribution in [2.24, 2.45) is 0 Å². The number of aromatic nitrogens is 2. The van der Waals surface area contributed by atoms with Crippen LogP contribution in [0.3, 0.4) is 0 Å². The number of hydrogen-bond donors (Lipinski definition) is 1. The molecule has 0 bridgehead atoms. The number of rotatable bonds is 6. The quantitative estimate of drug-likeness (QED) is 0.673. The summed E-state index contributed by atoms with van der Waals surface area (Å²) in [5, 5.41) is 6.78. The Bertz CT molecular complexity index is 284. The Morgan fingerprint density at radius 3 is 3.00 bits per heavy atom. The second-order valence-corrected chi connectivity index (χ2v) is 3.42. The third-order valence-electron chi connectivity index (χ3n) is 1.93. The molecule has 0 unspecified atom stereocenters. The molecule has 0 radical (unpaired) electrons. The van der Waals surface area contributed by atoms with E-state index in [1.165, 1.54) is 6.39 Å². The van der Waals surface area contributed by atoms with Gasteiger partial charge in [0.2, 0.25) is 12.3 Å². The van der Waals surface area contributed by atoms with Crippen LogP contribution >= 0.6 is 0 Å². The molecule has 0 aliphatic heterocycles. The van der Waals surface area contributed by atoms with E-state index in [1.54, 1.807) is 19.0 Å². The summed E-state index contributed by atoms with van der Waals surface area (Å²) in [5.74, 6) is 0.783. The minimum absolute atomic E-state index is 0.149. The maximum absolute atomic E-state index is 11.2. The first-order valence-electron chi connectivity index (χ1n) is 4.86. The molecule has 84 valence electrons. The molecule has 0 saturated carbocycles. The molecular formula is C9H16N4O2. The summed E-state index contributed by atoms with van der Waals surface area (Å²) in [6.45, 7) is 1.35. The molecule has 0 aliphatic rings. The lowest BCUT2D eigenvalue weighted by molar-refractivity contribution is -0.128. The van der Waals surface area contributed by atoms with Gasteiger partial charge < -0.3 is 14.7 Å². The van der Waals surface area contributed by atoms with Crippen LogP contribution in [0.4, 0.5) is 0 Å². The Hall–Kier alpha value is -1.43. The van der Waals surface area contributed by atoms with Crippen molar-refractivity contribution >= 4 is 5.91 Å². The second kappa shape index (κ2) is 6.13. The number of carbonyl (C=O) groups excluding carboxylic acids is 1. The van der Waals surface area contributed by atoms with E-state index in [4.69, 9.17) is 0 Å². The summed E-state index contributed by atoms with van der Waals surface area (Å²) in [7, 11) is 3.52. The predicted molar refractivity (Wildman–Crippen MR) is 53.9 cm³/mol. The van der Waals surface area contributed by atoms with Crippen LogP contribution in [0.15, 0.2) is 10.9 Å². The normalized spacial score (nSPS) is 10.3. The zero-order valence-electron chi connectivity index (χ0n) is 9.06. The Morgan fingerprint density at radius 1 is 1.60 bits per heavy atom. The molecule has 0 aromatic carbocycles. The van der Waals surface area contributed by atoms with E-state index < -0.39 is 0 Å². The highest BCUT2D eigenvalue weighted by Gasteiger charge is 2.02. The van der Waals surface area contributed by atoms with Gasteiger partial charge in [0.1, 0.15) is 0 Å². The van der Waals surface area contributed by atoms with Crippen molar-refractivity contribution in [2.45, 2.75) is 19.4 Å². The van der Waals surface area contributed by atoms with E-state index in [2.05, 4.69) is 20.0 Å². The first-order valence-corrected chi connectivity index (χ1v) is 4.86. The molecule has 0 fully saturated rings. The fraction of sp³-hybridized carbons (Fsp3) is 0.667. The minimum Gasteiger partial charge on any atom is -0.349 e. The summed E-state index contributed by atoms with van der Waals surface area (Å²) in [4.78, 5) is 16.7. The number of amides is 1. The van der Waals surface area contributed by atoms with E-state index in [-0.39, 0.29) is 5.91 Å². The van der Waals surface area contributed by atoms with Crippen LogP contribution in [0.2, 0.25) is 0 Å². The van der Waals surface area contributed by atoms with Crippen LogP contribution in [0.5, 0.6) is 0 Å². The molecule has 1 amide bonds. The van der Waals surface area contributed by atoms with Gasteiger partial charge in [-0.2, -0.15) is 4.98 Å². The van der Waals surface area contributed by atoms with Gasteiger partial charge in [0.05, 0.1) is 6.54 Å². The highest BCUT2D eigenvalue weighted by molar-refractivity contribution is 5.75. The minimum atomic E-state index is 0.149. The SMILES string of the molecule is CN(C)C(=O)CCCNCc1ncon1. The van der Waals surface area contributed by atoms with Gasteiger partial charge in [-0.1, -0.05) is 5.16 Å². The first kappa shape index (κ1) is 11.6. The standard InChI is InChI=1S/C9H16N4O2/c1-13(2)9(14)4-3-5-10-6-8-11-7-15-12-8/h7,10H,3-6H2,1-2H3. The molecule has 15 heavy (non-hydrogen) atoms. The topological polar surface area (TPSA) is 71.3 Å². The highest BCUT2D eigenvalue weighted by atomic mass is 16.5. The van der Waals surface area contributed by atoms with Crippen molar-refractivity contribution in [3.05, 3.63) is 12.2 Å². The highest BCUT2D eigenvalue weighted by Crippen LogP contribution is 1.93. The van der Waals surface area contributed by atoms with Gasteiger partial charge in [0.25, 0.3) is 0 Å². The lowest BCUT2D eigenvalue weighted by Gasteiger charge is -2.09. The van der Waals surface area contributed by atoms with Gasteiger partial charge in [-0.25, -0.2) is 0 Å². The van der Waals surface area contributed by atoms with Crippen molar-refractivity contribution in [2.75, 3.05) is 20.6 Å². The summed E-state index contributed by atoms with van der Waals surface area (Å²) in [5.41, 5.74) is 0. The Morgan fingerprint density at radius 2 is 2.40 bits per heavy atom. The zero-order chi connectivity index (χ0) is 11.1. The van der Waals surface area contributed by atoms with Crippen LogP contribution in [-0.2, 0) is 11.3 Å². The molecule has 1 heterocycles. The average Bonchev–Trinajstić information content (AvgIpc) is 2.69. The van der Waals surface area contributed by atoms with Crippen molar-refractivity contribution in [1.29, 1.82) is 0 Å². The predicted octanol–water partition coefficient (Wildman–Crippen LogP) is 0.0276. The van der Waals surface area contributed by atoms with Crippen LogP contribution in [0, 0.1) is 0 Å². The summed E-state index contributed by atoms with van der Waals surface area (Å²) in [6.07, 6.45) is 2.67. The fourth-order valence-corrected chi connectivity index (χ4v) is 1.06. The van der Waals surface area contributed by atoms with Gasteiger partial charge in [0.15, 0.2) is 5.82 Å². The van der Waals surface area contributed by atoms with Crippen molar-refractivity contribution in [3.63, 3.8) is 0 Å². The lowest BCUT2D eigenvalue weighted by Crippen LogP contribution is -2.23. The van der Waals surface area contributed by atoms with Gasteiger partial charge in [-0.3, -0.25) is 4.79 Å². The number of nitrogens with one attached hydrogen (secondary N) is 1. The molecule has 6 nitrogen and oxygen atoms in total. The molecule has 1 aromatic rings. The van der Waals surface area contributed by atoms with E-state index >= 15 is 0 Å². The molecule has 0 aliphatic carbocycles. The van der Waals surface area contributed by atoms with Gasteiger partial charge in [0, 0.05) is 20.5 Å². The molecule has 1 N–H and O–H groups in total. The number of hydrogen-bond acceptors (Lipinski definition) is 5. The molecule has 0 saturated heterocycles. The van der Waals surface area contributed by atoms with Gasteiger partial charge >= 0.3 is 0 Å². The summed E-state index contributed by atoms with van der Waals surface area (Å²) < 4.78 is 4.58. The molecule has 6 heteroatoms. The maximum Gasteiger partial charge on any atom is 0.222 e. The van der Waals surface area contributed by atoms with Crippen LogP contribution in [0.1, 0.15) is 18.7 Å². The van der Waals surface area contributed by atoms with Crippen molar-refractivity contribution in [3.8, 4) is 0 Å².